The monoisotopic (exact) mass is 718 g/mol. The number of hydrogen-bond donors (Lipinski definition) is 0. The summed E-state index contributed by atoms with van der Waals surface area (Å²) in [6.07, 6.45) is 14.6. The minimum absolute atomic E-state index is 0. The molecule has 2 heteroatoms. The number of rotatable bonds is 10. The Morgan fingerprint density at radius 2 is 1.43 bits per heavy atom. The second kappa shape index (κ2) is 16.5. The van der Waals surface area contributed by atoms with Gasteiger partial charge in [-0.05, 0) is 48.1 Å². The molecule has 5 rings (SSSR count). The smallest absolute Gasteiger partial charge is 0.0751 e. The molecule has 4 aromatic rings. The Hall–Kier alpha value is -3.06. The summed E-state index contributed by atoms with van der Waals surface area (Å²) in [5.74, 6) is 0.398. The van der Waals surface area contributed by atoms with Gasteiger partial charge in [0.15, 0.2) is 0 Å². The Labute approximate surface area is 274 Å². The van der Waals surface area contributed by atoms with Gasteiger partial charge in [0, 0.05) is 38.0 Å². The van der Waals surface area contributed by atoms with Crippen molar-refractivity contribution >= 4 is 22.0 Å². The fourth-order valence-electron chi connectivity index (χ4n) is 5.65. The Balaban J connectivity index is 0.00000205. The normalized spacial score (nSPS) is 12.7. The summed E-state index contributed by atoms with van der Waals surface area (Å²) in [6.45, 7) is 9.04. The van der Waals surface area contributed by atoms with E-state index in [-0.39, 0.29) is 46.7 Å². The second-order valence-electron chi connectivity index (χ2n) is 10.7. The Kier molecular flexibility index (Phi) is 13.8. The minimum atomic E-state index is -0.146. The first kappa shape index (κ1) is 35.1. The molecule has 216 valence electrons. The Bertz CT molecular complexity index is 1510. The fourth-order valence-corrected chi connectivity index (χ4v) is 5.65. The fraction of sp³-hybridized carbons (Fsp3) is 0.250. The molecular weight excluding hydrogens is 673 g/mol. The van der Waals surface area contributed by atoms with Crippen molar-refractivity contribution in [2.24, 2.45) is 0 Å². The van der Waals surface area contributed by atoms with Crippen LogP contribution in [0.2, 0.25) is 0 Å². The van der Waals surface area contributed by atoms with Crippen molar-refractivity contribution in [2.45, 2.75) is 65.3 Å². The third-order valence-electron chi connectivity index (χ3n) is 7.51. The zero-order valence-electron chi connectivity index (χ0n) is 26.2. The van der Waals surface area contributed by atoms with E-state index in [9.17, 15) is 0 Å². The number of aryl methyl sites for hydroxylation is 2. The van der Waals surface area contributed by atoms with Crippen molar-refractivity contribution in [3.63, 3.8) is 0 Å². The van der Waals surface area contributed by atoms with Crippen molar-refractivity contribution in [3.05, 3.63) is 163 Å². The van der Waals surface area contributed by atoms with Crippen molar-refractivity contribution in [1.82, 2.24) is 0 Å². The molecule has 1 unspecified atom stereocenters. The molecule has 1 nitrogen and oxygen atoms in total. The quantitative estimate of drug-likeness (QED) is 0.115. The first-order valence-corrected chi connectivity index (χ1v) is 14.4. The van der Waals surface area contributed by atoms with Crippen LogP contribution < -0.4 is 0 Å². The molecule has 0 heterocycles. The van der Waals surface area contributed by atoms with Crippen LogP contribution in [0.4, 0.5) is 5.69 Å². The second-order valence-corrected chi connectivity index (χ2v) is 10.7. The SMILES string of the molecule is CCCc1cccc(CCC)c1[N-]C(C1=CC=CC(c2[c-]ccc3ccccc23)=[C+]1)c1ccccc1C(C)C.[CH3-].[CH3-].[Hf]. The maximum atomic E-state index is 5.63. The summed E-state index contributed by atoms with van der Waals surface area (Å²) in [5, 5.41) is 8.05. The van der Waals surface area contributed by atoms with E-state index in [2.05, 4.69) is 131 Å². The number of fused-ring (bicyclic) bond motifs is 1. The molecule has 0 fully saturated rings. The van der Waals surface area contributed by atoms with Crippen molar-refractivity contribution in [3.8, 4) is 0 Å². The van der Waals surface area contributed by atoms with Gasteiger partial charge in [0.05, 0.1) is 11.1 Å². The van der Waals surface area contributed by atoms with Gasteiger partial charge in [-0.25, -0.2) is 0 Å². The first-order chi connectivity index (χ1) is 19.1. The van der Waals surface area contributed by atoms with Crippen LogP contribution in [0, 0.1) is 27.0 Å². The third kappa shape index (κ3) is 7.66. The van der Waals surface area contributed by atoms with Crippen molar-refractivity contribution < 1.29 is 25.8 Å². The van der Waals surface area contributed by atoms with E-state index in [1.54, 1.807) is 0 Å². The largest absolute Gasteiger partial charge is 0.672 e. The van der Waals surface area contributed by atoms with Crippen molar-refractivity contribution in [2.75, 3.05) is 0 Å². The van der Waals surface area contributed by atoms with E-state index in [4.69, 9.17) is 5.32 Å². The Morgan fingerprint density at radius 3 is 2.10 bits per heavy atom. The van der Waals surface area contributed by atoms with Gasteiger partial charge in [0.2, 0.25) is 0 Å². The van der Waals surface area contributed by atoms with Gasteiger partial charge in [0.25, 0.3) is 0 Å². The molecule has 1 aliphatic carbocycles. The summed E-state index contributed by atoms with van der Waals surface area (Å²) in [6, 6.07) is 31.6. The number of para-hydroxylation sites is 1. The zero-order valence-corrected chi connectivity index (χ0v) is 29.8. The number of hydrogen-bond acceptors (Lipinski definition) is 0. The van der Waals surface area contributed by atoms with Crippen LogP contribution in [-0.4, -0.2) is 0 Å². The average molecular weight is 717 g/mol. The van der Waals surface area contributed by atoms with E-state index >= 15 is 0 Å². The molecule has 1 aliphatic rings. The zero-order chi connectivity index (χ0) is 27.2. The van der Waals surface area contributed by atoms with Crippen LogP contribution in [0.25, 0.3) is 21.7 Å². The van der Waals surface area contributed by atoms with Crippen LogP contribution >= 0.6 is 0 Å². The molecule has 1 atom stereocenters. The van der Waals surface area contributed by atoms with E-state index in [0.29, 0.717) is 5.92 Å². The maximum absolute atomic E-state index is 5.63. The molecule has 0 radical (unpaired) electrons. The van der Waals surface area contributed by atoms with Gasteiger partial charge >= 0.3 is 0 Å². The predicted octanol–water partition coefficient (Wildman–Crippen LogP) is 11.7. The van der Waals surface area contributed by atoms with E-state index in [0.717, 1.165) is 42.4 Å². The summed E-state index contributed by atoms with van der Waals surface area (Å²) in [4.78, 5) is 0. The van der Waals surface area contributed by atoms with E-state index in [1.807, 2.05) is 6.07 Å². The Morgan fingerprint density at radius 1 is 0.786 bits per heavy atom. The van der Waals surface area contributed by atoms with Gasteiger partial charge in [-0.2, -0.15) is 0 Å². The third-order valence-corrected chi connectivity index (χ3v) is 7.51. The minimum Gasteiger partial charge on any atom is -0.672 e. The molecule has 0 amide bonds. The van der Waals surface area contributed by atoms with Crippen molar-refractivity contribution in [1.29, 1.82) is 0 Å². The molecule has 0 aromatic heterocycles. The molecule has 0 bridgehead atoms. The average Bonchev–Trinajstić information content (AvgIpc) is 2.97. The van der Waals surface area contributed by atoms with Crippen LogP contribution in [0.1, 0.15) is 80.3 Å². The van der Waals surface area contributed by atoms with Gasteiger partial charge in [-0.15, -0.1) is 17.8 Å². The van der Waals surface area contributed by atoms with Gasteiger partial charge < -0.3 is 20.2 Å². The molecule has 4 aromatic carbocycles. The molecule has 42 heavy (non-hydrogen) atoms. The van der Waals surface area contributed by atoms with Gasteiger partial charge in [-0.3, -0.25) is 0 Å². The van der Waals surface area contributed by atoms with Gasteiger partial charge in [0.1, 0.15) is 0 Å². The summed E-state index contributed by atoms with van der Waals surface area (Å²) < 4.78 is 0. The molecule has 0 aliphatic heterocycles. The number of benzene rings is 4. The van der Waals surface area contributed by atoms with Crippen LogP contribution in [0.3, 0.4) is 0 Å². The molecular formula is C40H44HfN-3. The van der Waals surface area contributed by atoms with E-state index < -0.39 is 0 Å². The van der Waals surface area contributed by atoms with E-state index in [1.165, 1.54) is 38.7 Å². The summed E-state index contributed by atoms with van der Waals surface area (Å²) in [5.41, 5.74) is 9.69. The van der Waals surface area contributed by atoms with Crippen LogP contribution in [0.15, 0.2) is 103 Å². The maximum Gasteiger partial charge on any atom is 0.0751 e. The molecule has 0 saturated carbocycles. The van der Waals surface area contributed by atoms with Crippen LogP contribution in [0.5, 0.6) is 0 Å². The molecule has 0 N–H and O–H groups in total. The van der Waals surface area contributed by atoms with Crippen LogP contribution in [-0.2, 0) is 38.7 Å². The van der Waals surface area contributed by atoms with Gasteiger partial charge in [-0.1, -0.05) is 141 Å². The topological polar surface area (TPSA) is 14.1 Å². The standard InChI is InChI=1S/C38H38N.2CH3.Hf/c1-5-14-29-18-11-19-30(15-6-2)37(29)39-38(36-24-10-9-22-33(36)27(3)4)32-21-12-20-31(26-32)35-25-13-17-28-16-7-8-23-34(28)35;;;/h7-13,16-24,27,38H,5-6,14-15H2,1-4H3;2*1H3;/q3*-1;. The molecule has 0 spiro atoms. The predicted molar refractivity (Wildman–Crippen MR) is 180 cm³/mol. The molecule has 0 saturated heterocycles. The number of nitrogens with zero attached hydrogens (tertiary/aromatic N) is 1. The number of allylic oxidation sites excluding steroid dienone is 4. The summed E-state index contributed by atoms with van der Waals surface area (Å²) >= 11 is 0. The first-order valence-electron chi connectivity index (χ1n) is 14.4. The summed E-state index contributed by atoms with van der Waals surface area (Å²) in [7, 11) is 0.